The van der Waals surface area contributed by atoms with Gasteiger partial charge in [0.25, 0.3) is 0 Å². The second-order valence-electron chi connectivity index (χ2n) is 12.3. The zero-order valence-corrected chi connectivity index (χ0v) is 31.3. The van der Waals surface area contributed by atoms with E-state index in [0.29, 0.717) is 96.7 Å². The number of rotatable bonds is 28. The number of carbonyl (C=O) groups excluding carboxylic acids is 3. The van der Waals surface area contributed by atoms with Gasteiger partial charge in [-0.1, -0.05) is 66.7 Å². The Morgan fingerprint density at radius 1 is 0.636 bits per heavy atom. The smallest absolute Gasteiger partial charge is 0.312 e. The highest BCUT2D eigenvalue weighted by Gasteiger charge is 2.28. The molecule has 4 amide bonds. The fourth-order valence-corrected chi connectivity index (χ4v) is 5.32. The Hall–Kier alpha value is -5.26. The van der Waals surface area contributed by atoms with Gasteiger partial charge in [-0.15, -0.1) is 0 Å². The quantitative estimate of drug-likeness (QED) is 0.0299. The molecule has 0 heterocycles. The van der Waals surface area contributed by atoms with E-state index >= 15 is 0 Å². The van der Waals surface area contributed by atoms with E-state index in [1.165, 1.54) is 0 Å². The van der Waals surface area contributed by atoms with Crippen molar-refractivity contribution >= 4 is 23.8 Å². The van der Waals surface area contributed by atoms with Crippen LogP contribution < -0.4 is 43.2 Å². The van der Waals surface area contributed by atoms with Crippen molar-refractivity contribution in [1.29, 1.82) is 5.41 Å². The maximum absolute atomic E-state index is 14.1. The predicted octanol–water partition coefficient (Wildman–Crippen LogP) is 1.46. The summed E-state index contributed by atoms with van der Waals surface area (Å²) >= 11 is 0. The van der Waals surface area contributed by atoms with Gasteiger partial charge in [0.05, 0.1) is 58.8 Å². The molecule has 2 atom stereocenters. The first kappa shape index (κ1) is 44.1. The summed E-state index contributed by atoms with van der Waals surface area (Å²) in [6, 6.07) is 22.5. The van der Waals surface area contributed by atoms with E-state index in [4.69, 9.17) is 46.3 Å². The lowest BCUT2D eigenvalue weighted by molar-refractivity contribution is -0.129. The number of hydrogen-bond acceptors (Lipinski definition) is 10. The molecule has 16 nitrogen and oxygen atoms in total. The number of ether oxygens (including phenoxy) is 5. The largest absolute Gasteiger partial charge is 0.491 e. The average molecular weight is 765 g/mol. The first-order chi connectivity index (χ1) is 26.8. The van der Waals surface area contributed by atoms with Gasteiger partial charge in [-0.25, -0.2) is 4.79 Å². The summed E-state index contributed by atoms with van der Waals surface area (Å²) in [5, 5.41) is 18.6. The molecular weight excluding hydrogens is 708 g/mol. The molecule has 55 heavy (non-hydrogen) atoms. The number of urea groups is 1. The van der Waals surface area contributed by atoms with E-state index < -0.39 is 18.0 Å². The number of hydrogen-bond donors (Lipinski definition) is 8. The van der Waals surface area contributed by atoms with Crippen LogP contribution in [0.1, 0.15) is 41.0 Å². The van der Waals surface area contributed by atoms with Crippen LogP contribution in [0.3, 0.4) is 0 Å². The molecule has 3 aromatic carbocycles. The van der Waals surface area contributed by atoms with Gasteiger partial charge in [0.2, 0.25) is 11.8 Å². The van der Waals surface area contributed by atoms with E-state index in [1.54, 1.807) is 0 Å². The van der Waals surface area contributed by atoms with Gasteiger partial charge >= 0.3 is 6.03 Å². The minimum absolute atomic E-state index is 0.176. The Kier molecular flexibility index (Phi) is 21.3. The zero-order chi connectivity index (χ0) is 39.5. The van der Waals surface area contributed by atoms with E-state index in [0.717, 1.165) is 16.7 Å². The van der Waals surface area contributed by atoms with E-state index in [2.05, 4.69) is 21.3 Å². The lowest BCUT2D eigenvalue weighted by Crippen LogP contribution is -2.48. The normalized spacial score (nSPS) is 11.9. The number of guanidine groups is 1. The van der Waals surface area contributed by atoms with E-state index in [1.807, 2.05) is 78.9 Å². The Bertz CT molecular complexity index is 1560. The van der Waals surface area contributed by atoms with Crippen molar-refractivity contribution in [3.63, 3.8) is 0 Å². The second-order valence-corrected chi connectivity index (χ2v) is 12.3. The third kappa shape index (κ3) is 18.6. The molecule has 0 radical (unpaired) electrons. The van der Waals surface area contributed by atoms with Crippen molar-refractivity contribution in [3.8, 4) is 5.75 Å². The highest BCUT2D eigenvalue weighted by molar-refractivity contribution is 5.92. The molecule has 3 aromatic rings. The number of benzene rings is 3. The summed E-state index contributed by atoms with van der Waals surface area (Å²) in [7, 11) is 0. The first-order valence-corrected chi connectivity index (χ1v) is 18.3. The maximum atomic E-state index is 14.1. The molecule has 1 unspecified atom stereocenters. The van der Waals surface area contributed by atoms with E-state index in [9.17, 15) is 14.4 Å². The van der Waals surface area contributed by atoms with Crippen molar-refractivity contribution < 1.29 is 38.1 Å². The SMILES string of the molecule is N=C(N)NCCC[C@@H](NC(=O)C(c1ccccc1)c1cccc(OCCOCCOCCOCCOCCN)c1)C(=O)NCc1ccc(CNC(N)=O)cc1. The number of primary amides is 1. The highest BCUT2D eigenvalue weighted by atomic mass is 16.6. The van der Waals surface area contributed by atoms with Gasteiger partial charge in [-0.2, -0.15) is 0 Å². The highest BCUT2D eigenvalue weighted by Crippen LogP contribution is 2.28. The summed E-state index contributed by atoms with van der Waals surface area (Å²) < 4.78 is 27.8. The molecule has 0 aromatic heterocycles. The summed E-state index contributed by atoms with van der Waals surface area (Å²) in [5.74, 6) is -1.07. The molecule has 16 heteroatoms. The zero-order valence-electron chi connectivity index (χ0n) is 31.3. The number of amides is 4. The minimum atomic E-state index is -0.874. The maximum Gasteiger partial charge on any atom is 0.312 e. The molecule has 0 bridgehead atoms. The van der Waals surface area contributed by atoms with Crippen LogP contribution >= 0.6 is 0 Å². The number of carbonyl (C=O) groups is 3. The van der Waals surface area contributed by atoms with Crippen LogP contribution in [0, 0.1) is 5.41 Å². The Balaban J connectivity index is 1.57. The van der Waals surface area contributed by atoms with Crippen molar-refractivity contribution in [3.05, 3.63) is 101 Å². The topological polar surface area (TPSA) is 247 Å². The lowest BCUT2D eigenvalue weighted by atomic mass is 9.90. The van der Waals surface area contributed by atoms with Gasteiger partial charge in [-0.05, 0) is 47.2 Å². The summed E-state index contributed by atoms with van der Waals surface area (Å²) in [6.45, 7) is 5.26. The summed E-state index contributed by atoms with van der Waals surface area (Å²) in [5.41, 5.74) is 19.1. The van der Waals surface area contributed by atoms with Crippen LogP contribution in [0.25, 0.3) is 0 Å². The molecule has 0 fully saturated rings. The van der Waals surface area contributed by atoms with Gasteiger partial charge in [-0.3, -0.25) is 15.0 Å². The van der Waals surface area contributed by atoms with Crippen molar-refractivity contribution in [2.45, 2.75) is 37.9 Å². The lowest BCUT2D eigenvalue weighted by Gasteiger charge is -2.24. The third-order valence-corrected chi connectivity index (χ3v) is 8.04. The van der Waals surface area contributed by atoms with Crippen molar-refractivity contribution in [2.75, 3.05) is 72.6 Å². The first-order valence-electron chi connectivity index (χ1n) is 18.3. The van der Waals surface area contributed by atoms with Gasteiger partial charge in [0.15, 0.2) is 5.96 Å². The molecule has 300 valence electrons. The minimum Gasteiger partial charge on any atom is -0.491 e. The predicted molar refractivity (Wildman–Crippen MR) is 208 cm³/mol. The molecule has 0 aliphatic rings. The molecule has 0 aliphatic carbocycles. The third-order valence-electron chi connectivity index (χ3n) is 8.04. The monoisotopic (exact) mass is 764 g/mol. The fourth-order valence-electron chi connectivity index (χ4n) is 5.32. The average Bonchev–Trinajstić information content (AvgIpc) is 3.18. The summed E-state index contributed by atoms with van der Waals surface area (Å²) in [4.78, 5) is 38.7. The van der Waals surface area contributed by atoms with Crippen LogP contribution in [0.4, 0.5) is 4.79 Å². The number of nitrogens with two attached hydrogens (primary N) is 3. The summed E-state index contributed by atoms with van der Waals surface area (Å²) in [6.07, 6.45) is 0.761. The second kappa shape index (κ2) is 26.5. The van der Waals surface area contributed by atoms with Gasteiger partial charge in [0.1, 0.15) is 18.4 Å². The van der Waals surface area contributed by atoms with Gasteiger partial charge < -0.3 is 62.2 Å². The number of nitrogens with one attached hydrogen (secondary N) is 5. The molecule has 0 saturated carbocycles. The van der Waals surface area contributed by atoms with Crippen LogP contribution in [0.2, 0.25) is 0 Å². The molecule has 3 rings (SSSR count). The van der Waals surface area contributed by atoms with Crippen molar-refractivity contribution in [2.24, 2.45) is 17.2 Å². The molecule has 0 spiro atoms. The van der Waals surface area contributed by atoms with Crippen LogP contribution in [-0.2, 0) is 41.6 Å². The molecule has 11 N–H and O–H groups in total. The van der Waals surface area contributed by atoms with Crippen molar-refractivity contribution in [1.82, 2.24) is 21.3 Å². The van der Waals surface area contributed by atoms with E-state index in [-0.39, 0.29) is 30.9 Å². The van der Waals surface area contributed by atoms with Crippen LogP contribution in [0.5, 0.6) is 5.75 Å². The van der Waals surface area contributed by atoms with Gasteiger partial charge in [0, 0.05) is 26.2 Å². The Labute approximate surface area is 322 Å². The molecule has 0 saturated heterocycles. The molecular formula is C39H56N8O8. The fraction of sp³-hybridized carbons (Fsp3) is 0.436. The standard InChI is InChI=1S/C39H56N8O8/c40-15-17-51-18-19-52-20-21-53-22-23-54-24-25-55-33-9-4-8-32(26-33)35(31-6-2-1-3-7-31)37(49)47-34(10-5-16-44-38(41)42)36(48)45-27-29-11-13-30(14-12-29)28-46-39(43)50/h1-4,6-9,11-14,26,34-35H,5,10,15-25,27-28,40H2,(H,45,48)(H,47,49)(H4,41,42,44)(H3,43,46,50)/t34-,35?/m1/s1. The molecule has 0 aliphatic heterocycles. The Morgan fingerprint density at radius 3 is 1.78 bits per heavy atom. The van der Waals surface area contributed by atoms with Crippen LogP contribution in [0.15, 0.2) is 78.9 Å². The van der Waals surface area contributed by atoms with Crippen LogP contribution in [-0.4, -0.2) is 102 Å². The Morgan fingerprint density at radius 2 is 1.20 bits per heavy atom.